The van der Waals surface area contributed by atoms with Crippen molar-refractivity contribution in [1.29, 1.82) is 0 Å². The van der Waals surface area contributed by atoms with Crippen LogP contribution >= 0.6 is 0 Å². The molecule has 0 bridgehead atoms. The summed E-state index contributed by atoms with van der Waals surface area (Å²) in [6.45, 7) is 4.08. The summed E-state index contributed by atoms with van der Waals surface area (Å²) in [5.74, 6) is -1.76. The summed E-state index contributed by atoms with van der Waals surface area (Å²) in [5.41, 5.74) is 2.50. The zero-order chi connectivity index (χ0) is 24.0. The van der Waals surface area contributed by atoms with Crippen LogP contribution in [0.1, 0.15) is 39.1 Å². The van der Waals surface area contributed by atoms with Crippen molar-refractivity contribution in [3.05, 3.63) is 106 Å². The quantitative estimate of drug-likeness (QED) is 0.575. The molecule has 1 saturated heterocycles. The van der Waals surface area contributed by atoms with E-state index in [1.54, 1.807) is 0 Å². The standard InChI is InChI=1S/C26H27F2NO3S/c1-17-4-8-19(9-5-17)24(20-10-6-18(2)7-11-20)29-15-26(30,16-29)25(33(3,31)32)21-12-22(27)14-23(28)13-21/h4-14,24-25,30H,15-16H2,1-3H3. The first kappa shape index (κ1) is 23.5. The van der Waals surface area contributed by atoms with Gasteiger partial charge >= 0.3 is 0 Å². The molecule has 0 saturated carbocycles. The molecule has 4 nitrogen and oxygen atoms in total. The van der Waals surface area contributed by atoms with Crippen molar-refractivity contribution in [2.24, 2.45) is 0 Å². The van der Waals surface area contributed by atoms with E-state index in [2.05, 4.69) is 0 Å². The Balaban J connectivity index is 1.70. The van der Waals surface area contributed by atoms with Gasteiger partial charge in [-0.05, 0) is 42.7 Å². The molecule has 4 rings (SSSR count). The van der Waals surface area contributed by atoms with E-state index in [1.807, 2.05) is 67.3 Å². The first-order chi connectivity index (χ1) is 15.5. The topological polar surface area (TPSA) is 57.6 Å². The van der Waals surface area contributed by atoms with Crippen molar-refractivity contribution >= 4 is 9.84 Å². The molecule has 174 valence electrons. The summed E-state index contributed by atoms with van der Waals surface area (Å²) in [7, 11) is -3.87. The van der Waals surface area contributed by atoms with E-state index >= 15 is 0 Å². The normalized spacial score (nSPS) is 17.1. The average molecular weight is 472 g/mol. The molecule has 7 heteroatoms. The fourth-order valence-electron chi connectivity index (χ4n) is 4.80. The Morgan fingerprint density at radius 2 is 1.24 bits per heavy atom. The van der Waals surface area contributed by atoms with Gasteiger partial charge in [0.1, 0.15) is 22.5 Å². The molecule has 0 spiro atoms. The molecule has 0 aliphatic carbocycles. The van der Waals surface area contributed by atoms with Gasteiger partial charge < -0.3 is 5.11 Å². The van der Waals surface area contributed by atoms with Gasteiger partial charge in [0.2, 0.25) is 0 Å². The largest absolute Gasteiger partial charge is 0.385 e. The number of halogens is 2. The molecule has 0 amide bonds. The van der Waals surface area contributed by atoms with Gasteiger partial charge in [0, 0.05) is 25.4 Å². The van der Waals surface area contributed by atoms with Crippen LogP contribution < -0.4 is 0 Å². The highest BCUT2D eigenvalue weighted by Gasteiger charge is 2.54. The van der Waals surface area contributed by atoms with Crippen LogP contribution in [0.3, 0.4) is 0 Å². The van der Waals surface area contributed by atoms with Crippen LogP contribution in [0.4, 0.5) is 8.78 Å². The number of aryl methyl sites for hydroxylation is 2. The molecule has 1 N–H and O–H groups in total. The number of nitrogens with zero attached hydrogens (tertiary/aromatic N) is 1. The summed E-state index contributed by atoms with van der Waals surface area (Å²) >= 11 is 0. The summed E-state index contributed by atoms with van der Waals surface area (Å²) in [4.78, 5) is 1.99. The maximum absolute atomic E-state index is 13.9. The smallest absolute Gasteiger partial charge is 0.157 e. The number of likely N-dealkylation sites (tertiary alicyclic amines) is 1. The van der Waals surface area contributed by atoms with Crippen LogP contribution in [0.25, 0.3) is 0 Å². The maximum atomic E-state index is 13.9. The molecular formula is C26H27F2NO3S. The SMILES string of the molecule is Cc1ccc(C(c2ccc(C)cc2)N2CC(O)(C(c3cc(F)cc(F)c3)S(C)(=O)=O)C2)cc1. The Labute approximate surface area is 193 Å². The second kappa shape index (κ2) is 8.63. The van der Waals surface area contributed by atoms with E-state index in [0.717, 1.165) is 40.6 Å². The molecule has 1 unspecified atom stereocenters. The summed E-state index contributed by atoms with van der Waals surface area (Å²) in [6.07, 6.45) is 0.985. The van der Waals surface area contributed by atoms with Crippen molar-refractivity contribution in [3.63, 3.8) is 0 Å². The van der Waals surface area contributed by atoms with Crippen molar-refractivity contribution < 1.29 is 22.3 Å². The predicted octanol–water partition coefficient (Wildman–Crippen LogP) is 4.50. The van der Waals surface area contributed by atoms with E-state index in [0.29, 0.717) is 6.07 Å². The van der Waals surface area contributed by atoms with E-state index in [4.69, 9.17) is 0 Å². The lowest BCUT2D eigenvalue weighted by Crippen LogP contribution is -2.66. The van der Waals surface area contributed by atoms with E-state index in [1.165, 1.54) is 0 Å². The van der Waals surface area contributed by atoms with Crippen LogP contribution in [-0.4, -0.2) is 43.4 Å². The number of rotatable bonds is 6. The third-order valence-electron chi connectivity index (χ3n) is 6.21. The number of sulfone groups is 1. The summed E-state index contributed by atoms with van der Waals surface area (Å²) in [5, 5.41) is 9.93. The molecule has 33 heavy (non-hydrogen) atoms. The van der Waals surface area contributed by atoms with Gasteiger partial charge in [-0.3, -0.25) is 4.90 Å². The fraction of sp³-hybridized carbons (Fsp3) is 0.308. The van der Waals surface area contributed by atoms with Crippen molar-refractivity contribution in [3.8, 4) is 0 Å². The lowest BCUT2D eigenvalue weighted by molar-refractivity contribution is -0.112. The van der Waals surface area contributed by atoms with E-state index in [9.17, 15) is 22.3 Å². The van der Waals surface area contributed by atoms with Crippen LogP contribution in [0.2, 0.25) is 0 Å². The highest BCUT2D eigenvalue weighted by Crippen LogP contribution is 2.44. The van der Waals surface area contributed by atoms with Gasteiger partial charge in [0.05, 0.1) is 6.04 Å². The molecule has 1 fully saturated rings. The lowest BCUT2D eigenvalue weighted by Gasteiger charge is -2.53. The first-order valence-corrected chi connectivity index (χ1v) is 12.7. The van der Waals surface area contributed by atoms with Crippen LogP contribution in [0.15, 0.2) is 66.7 Å². The third-order valence-corrected chi connectivity index (χ3v) is 7.78. The van der Waals surface area contributed by atoms with Crippen molar-refractivity contribution in [2.45, 2.75) is 30.7 Å². The van der Waals surface area contributed by atoms with Gasteiger partial charge in [-0.25, -0.2) is 17.2 Å². The number of β-amino-alcohol motifs (C(OH)–C–C–N with tert-alkyl or cyclic N) is 1. The number of hydrogen-bond acceptors (Lipinski definition) is 4. The second-order valence-electron chi connectivity index (χ2n) is 9.14. The minimum atomic E-state index is -3.87. The summed E-state index contributed by atoms with van der Waals surface area (Å²) in [6, 6.07) is 18.6. The number of benzene rings is 3. The maximum Gasteiger partial charge on any atom is 0.157 e. The van der Waals surface area contributed by atoms with Gasteiger partial charge in [-0.1, -0.05) is 59.7 Å². The molecule has 0 aromatic heterocycles. The monoisotopic (exact) mass is 471 g/mol. The van der Waals surface area contributed by atoms with Crippen LogP contribution in [-0.2, 0) is 9.84 Å². The lowest BCUT2D eigenvalue weighted by atomic mass is 9.82. The molecule has 1 heterocycles. The van der Waals surface area contributed by atoms with Crippen LogP contribution in [0, 0.1) is 25.5 Å². The molecule has 3 aromatic carbocycles. The van der Waals surface area contributed by atoms with Gasteiger partial charge in [-0.15, -0.1) is 0 Å². The zero-order valence-electron chi connectivity index (χ0n) is 18.8. The zero-order valence-corrected chi connectivity index (χ0v) is 19.6. The summed E-state index contributed by atoms with van der Waals surface area (Å²) < 4.78 is 53.1. The number of hydrogen-bond donors (Lipinski definition) is 1. The van der Waals surface area contributed by atoms with Gasteiger partial charge in [0.15, 0.2) is 9.84 Å². The molecule has 1 aliphatic heterocycles. The Hall–Kier alpha value is -2.61. The van der Waals surface area contributed by atoms with Gasteiger partial charge in [-0.2, -0.15) is 0 Å². The molecule has 0 radical (unpaired) electrons. The molecule has 1 atom stereocenters. The molecular weight excluding hydrogens is 444 g/mol. The minimum absolute atomic E-state index is 0.0370. The molecule has 1 aliphatic rings. The highest BCUT2D eigenvalue weighted by atomic mass is 32.2. The van der Waals surface area contributed by atoms with Crippen molar-refractivity contribution in [1.82, 2.24) is 4.90 Å². The van der Waals surface area contributed by atoms with Gasteiger partial charge in [0.25, 0.3) is 0 Å². The third kappa shape index (κ3) is 4.86. The Bertz CT molecular complexity index is 1190. The van der Waals surface area contributed by atoms with E-state index in [-0.39, 0.29) is 24.7 Å². The first-order valence-electron chi connectivity index (χ1n) is 10.7. The molecule has 3 aromatic rings. The average Bonchev–Trinajstić information content (AvgIpc) is 2.68. The Kier molecular flexibility index (Phi) is 6.16. The number of aliphatic hydroxyl groups is 1. The van der Waals surface area contributed by atoms with E-state index < -0.39 is 32.3 Å². The minimum Gasteiger partial charge on any atom is -0.385 e. The van der Waals surface area contributed by atoms with Crippen LogP contribution in [0.5, 0.6) is 0 Å². The highest BCUT2D eigenvalue weighted by molar-refractivity contribution is 7.91. The predicted molar refractivity (Wildman–Crippen MR) is 125 cm³/mol. The van der Waals surface area contributed by atoms with Crippen molar-refractivity contribution in [2.75, 3.05) is 19.3 Å². The fourth-order valence-corrected chi connectivity index (χ4v) is 6.38. The second-order valence-corrected chi connectivity index (χ2v) is 11.3. The Morgan fingerprint density at radius 1 is 0.818 bits per heavy atom. The Morgan fingerprint density at radius 3 is 1.64 bits per heavy atom.